The molecule has 0 amide bonds. The van der Waals surface area contributed by atoms with Crippen molar-refractivity contribution in [1.29, 1.82) is 0 Å². The number of carbonyl (C=O) groups is 1. The van der Waals surface area contributed by atoms with Crippen molar-refractivity contribution in [2.45, 2.75) is 38.9 Å². The Labute approximate surface area is 109 Å². The van der Waals surface area contributed by atoms with Crippen molar-refractivity contribution in [2.24, 2.45) is 11.8 Å². The van der Waals surface area contributed by atoms with E-state index in [0.717, 1.165) is 12.8 Å². The van der Waals surface area contributed by atoms with Crippen molar-refractivity contribution < 1.29 is 23.7 Å². The Morgan fingerprint density at radius 3 is 2.28 bits per heavy atom. The minimum Gasteiger partial charge on any atom is -0.438 e. The van der Waals surface area contributed by atoms with Crippen molar-refractivity contribution in [3.05, 3.63) is 0 Å². The van der Waals surface area contributed by atoms with Crippen molar-refractivity contribution in [3.63, 3.8) is 0 Å². The minimum absolute atomic E-state index is 0.0116. The van der Waals surface area contributed by atoms with Gasteiger partial charge in [0.1, 0.15) is 0 Å². The van der Waals surface area contributed by atoms with Gasteiger partial charge in [-0.1, -0.05) is 13.8 Å². The van der Waals surface area contributed by atoms with Crippen LogP contribution < -0.4 is 0 Å². The number of carbonyl (C=O) groups excluding carboxylic acids is 1. The normalized spacial score (nSPS) is 31.6. The van der Waals surface area contributed by atoms with E-state index in [4.69, 9.17) is 18.9 Å². The van der Waals surface area contributed by atoms with Gasteiger partial charge in [-0.05, 0) is 12.8 Å². The maximum Gasteiger partial charge on any atom is 0.314 e. The second-order valence-electron chi connectivity index (χ2n) is 4.54. The fourth-order valence-electron chi connectivity index (χ4n) is 2.61. The molecular weight excluding hydrogens is 236 g/mol. The van der Waals surface area contributed by atoms with Gasteiger partial charge in [0.2, 0.25) is 0 Å². The van der Waals surface area contributed by atoms with Crippen LogP contribution in [0.3, 0.4) is 0 Å². The Bertz CT molecular complexity index is 256. The molecule has 5 nitrogen and oxygen atoms in total. The van der Waals surface area contributed by atoms with Crippen molar-refractivity contribution in [1.82, 2.24) is 0 Å². The van der Waals surface area contributed by atoms with Gasteiger partial charge in [-0.2, -0.15) is 0 Å². The molecule has 0 N–H and O–H groups in total. The molecular formula is C13H24O5. The molecule has 1 aliphatic rings. The zero-order valence-electron chi connectivity index (χ0n) is 11.7. The van der Waals surface area contributed by atoms with E-state index in [1.807, 2.05) is 6.92 Å². The fraction of sp³-hybridized carbons (Fsp3) is 0.923. The van der Waals surface area contributed by atoms with Gasteiger partial charge in [0, 0.05) is 20.1 Å². The van der Waals surface area contributed by atoms with Crippen LogP contribution in [0.5, 0.6) is 0 Å². The first-order valence-corrected chi connectivity index (χ1v) is 6.49. The van der Waals surface area contributed by atoms with Crippen LogP contribution in [0, 0.1) is 11.8 Å². The molecule has 18 heavy (non-hydrogen) atoms. The van der Waals surface area contributed by atoms with Crippen LogP contribution in [-0.2, 0) is 23.7 Å². The van der Waals surface area contributed by atoms with E-state index in [0.29, 0.717) is 6.61 Å². The predicted molar refractivity (Wildman–Crippen MR) is 66.1 cm³/mol. The first-order chi connectivity index (χ1) is 8.69. The molecule has 1 fully saturated rings. The van der Waals surface area contributed by atoms with E-state index >= 15 is 0 Å². The summed E-state index contributed by atoms with van der Waals surface area (Å²) in [6.07, 6.45) is 1.65. The molecule has 1 rings (SSSR count). The van der Waals surface area contributed by atoms with Crippen LogP contribution in [0.4, 0.5) is 0 Å². The van der Waals surface area contributed by atoms with Gasteiger partial charge >= 0.3 is 5.97 Å². The van der Waals surface area contributed by atoms with Crippen molar-refractivity contribution >= 4 is 5.97 Å². The first kappa shape index (κ1) is 15.4. The largest absolute Gasteiger partial charge is 0.438 e. The minimum atomic E-state index is -0.255. The van der Waals surface area contributed by atoms with Crippen LogP contribution >= 0.6 is 0 Å². The van der Waals surface area contributed by atoms with Gasteiger partial charge in [-0.25, -0.2) is 0 Å². The molecule has 1 aliphatic heterocycles. The zero-order valence-corrected chi connectivity index (χ0v) is 11.7. The summed E-state index contributed by atoms with van der Waals surface area (Å²) in [7, 11) is 3.14. The molecule has 0 aromatic carbocycles. The number of rotatable bonds is 7. The molecule has 5 heteroatoms. The Hall–Kier alpha value is -0.650. The summed E-state index contributed by atoms with van der Waals surface area (Å²) in [5, 5.41) is 0. The Morgan fingerprint density at radius 2 is 1.78 bits per heavy atom. The lowest BCUT2D eigenvalue weighted by molar-refractivity contribution is -0.162. The maximum atomic E-state index is 12.1. The lowest BCUT2D eigenvalue weighted by atomic mass is 9.86. The van der Waals surface area contributed by atoms with Crippen LogP contribution in [0.25, 0.3) is 0 Å². The average Bonchev–Trinajstić information content (AvgIpc) is 2.74. The summed E-state index contributed by atoms with van der Waals surface area (Å²) in [6.45, 7) is 4.58. The number of esters is 1. The molecule has 0 bridgehead atoms. The Morgan fingerprint density at radius 1 is 1.11 bits per heavy atom. The summed E-state index contributed by atoms with van der Waals surface area (Å²) < 4.78 is 21.0. The molecule has 0 spiro atoms. The predicted octanol–water partition coefficient (Wildman–Crippen LogP) is 1.60. The Kier molecular flexibility index (Phi) is 6.60. The molecule has 4 atom stereocenters. The maximum absolute atomic E-state index is 12.1. The molecule has 106 valence electrons. The molecule has 1 heterocycles. The van der Waals surface area contributed by atoms with E-state index in [9.17, 15) is 4.79 Å². The van der Waals surface area contributed by atoms with Gasteiger partial charge in [-0.15, -0.1) is 0 Å². The monoisotopic (exact) mass is 260 g/mol. The van der Waals surface area contributed by atoms with Gasteiger partial charge in [0.15, 0.2) is 6.79 Å². The van der Waals surface area contributed by atoms with E-state index in [1.54, 1.807) is 7.11 Å². The smallest absolute Gasteiger partial charge is 0.314 e. The van der Waals surface area contributed by atoms with E-state index in [2.05, 4.69) is 6.92 Å². The highest BCUT2D eigenvalue weighted by molar-refractivity contribution is 5.74. The van der Waals surface area contributed by atoms with Gasteiger partial charge in [-0.3, -0.25) is 4.79 Å². The highest BCUT2D eigenvalue weighted by Gasteiger charge is 2.47. The summed E-state index contributed by atoms with van der Waals surface area (Å²) in [4.78, 5) is 12.1. The van der Waals surface area contributed by atoms with Crippen LogP contribution in [0.2, 0.25) is 0 Å². The third-order valence-electron chi connectivity index (χ3n) is 3.44. The molecule has 0 saturated carbocycles. The van der Waals surface area contributed by atoms with Crippen molar-refractivity contribution in [2.75, 3.05) is 27.6 Å². The molecule has 0 radical (unpaired) electrons. The van der Waals surface area contributed by atoms with Crippen molar-refractivity contribution in [3.8, 4) is 0 Å². The topological polar surface area (TPSA) is 54.0 Å². The number of hydrogen-bond donors (Lipinski definition) is 0. The highest BCUT2D eigenvalue weighted by atomic mass is 16.7. The Balaban J connectivity index is 2.76. The van der Waals surface area contributed by atoms with Crippen LogP contribution in [0.15, 0.2) is 0 Å². The summed E-state index contributed by atoms with van der Waals surface area (Å²) in [5.74, 6) is -0.439. The lowest BCUT2D eigenvalue weighted by Gasteiger charge is -2.21. The summed E-state index contributed by atoms with van der Waals surface area (Å²) >= 11 is 0. The molecule has 0 aliphatic carbocycles. The second kappa shape index (κ2) is 7.71. The van der Waals surface area contributed by atoms with Gasteiger partial charge in [0.25, 0.3) is 0 Å². The quantitative estimate of drug-likeness (QED) is 0.514. The number of ether oxygens (including phenoxy) is 4. The third-order valence-corrected chi connectivity index (χ3v) is 3.44. The van der Waals surface area contributed by atoms with Crippen LogP contribution in [-0.4, -0.2) is 45.8 Å². The fourth-order valence-corrected chi connectivity index (χ4v) is 2.61. The number of hydrogen-bond acceptors (Lipinski definition) is 5. The third kappa shape index (κ3) is 3.43. The molecule has 0 aromatic rings. The van der Waals surface area contributed by atoms with E-state index < -0.39 is 0 Å². The molecule has 4 unspecified atom stereocenters. The molecule has 1 saturated heterocycles. The summed E-state index contributed by atoms with van der Waals surface area (Å²) in [6, 6.07) is 0. The summed E-state index contributed by atoms with van der Waals surface area (Å²) in [5.41, 5.74) is 0. The van der Waals surface area contributed by atoms with E-state index in [-0.39, 0.29) is 36.8 Å². The average molecular weight is 260 g/mol. The zero-order chi connectivity index (χ0) is 13.5. The SMILES string of the molecule is CCC1OC(CC)C(C(=O)OCOC)C1COC. The van der Waals surface area contributed by atoms with Gasteiger partial charge < -0.3 is 18.9 Å². The van der Waals surface area contributed by atoms with Crippen LogP contribution in [0.1, 0.15) is 26.7 Å². The number of methoxy groups -OCH3 is 2. The second-order valence-corrected chi connectivity index (χ2v) is 4.54. The van der Waals surface area contributed by atoms with Gasteiger partial charge in [0.05, 0.1) is 24.7 Å². The lowest BCUT2D eigenvalue weighted by Crippen LogP contribution is -2.34. The van der Waals surface area contributed by atoms with E-state index in [1.165, 1.54) is 7.11 Å². The first-order valence-electron chi connectivity index (χ1n) is 6.49. The standard InChI is InChI=1S/C13H24O5/c1-5-10-9(7-15-3)12(11(6-2)18-10)13(14)17-8-16-4/h9-12H,5-8H2,1-4H3. The highest BCUT2D eigenvalue weighted by Crippen LogP contribution is 2.37. The molecule has 0 aromatic heterocycles.